The third-order valence-corrected chi connectivity index (χ3v) is 8.20. The molecular weight excluding hydrogens is 468 g/mol. The first-order chi connectivity index (χ1) is 17.7. The fourth-order valence-electron chi connectivity index (χ4n) is 6.35. The summed E-state index contributed by atoms with van der Waals surface area (Å²) in [6.07, 6.45) is 3.47. The van der Waals surface area contributed by atoms with Crippen molar-refractivity contribution in [1.82, 2.24) is 15.1 Å². The van der Waals surface area contributed by atoms with Gasteiger partial charge < -0.3 is 19.7 Å². The first-order valence-electron chi connectivity index (χ1n) is 14.0. The van der Waals surface area contributed by atoms with Gasteiger partial charge in [0.2, 0.25) is 0 Å². The van der Waals surface area contributed by atoms with Crippen LogP contribution in [0.1, 0.15) is 57.3 Å². The minimum Gasteiger partial charge on any atom is -0.369 e. The van der Waals surface area contributed by atoms with E-state index < -0.39 is 6.04 Å². The third-order valence-electron chi connectivity index (χ3n) is 8.20. The molecule has 8 nitrogen and oxygen atoms in total. The quantitative estimate of drug-likeness (QED) is 0.457. The number of nitrogens with zero attached hydrogens (tertiary/aromatic N) is 3. The predicted molar refractivity (Wildman–Crippen MR) is 145 cm³/mol. The Labute approximate surface area is 221 Å². The lowest BCUT2D eigenvalue weighted by molar-refractivity contribution is -0.121. The van der Waals surface area contributed by atoms with Crippen LogP contribution in [-0.4, -0.2) is 98.4 Å². The fourth-order valence-corrected chi connectivity index (χ4v) is 6.35. The van der Waals surface area contributed by atoms with Gasteiger partial charge in [-0.05, 0) is 61.4 Å². The van der Waals surface area contributed by atoms with Crippen molar-refractivity contribution in [3.05, 3.63) is 29.8 Å². The molecule has 0 radical (unpaired) electrons. The molecule has 8 heteroatoms. The summed E-state index contributed by atoms with van der Waals surface area (Å²) in [6, 6.07) is 6.91. The zero-order valence-electron chi connectivity index (χ0n) is 22.9. The normalized spacial score (nSPS) is 25.8. The fraction of sp³-hybridized carbons (Fsp3) is 0.690. The van der Waals surface area contributed by atoms with Crippen LogP contribution in [0, 0.1) is 11.3 Å². The number of ketones is 1. The van der Waals surface area contributed by atoms with Crippen LogP contribution in [0.3, 0.4) is 0 Å². The number of likely N-dealkylation sites (tertiary alicyclic amines) is 1. The second-order valence-corrected chi connectivity index (χ2v) is 11.7. The zero-order valence-corrected chi connectivity index (χ0v) is 22.9. The van der Waals surface area contributed by atoms with Crippen molar-refractivity contribution in [3.63, 3.8) is 0 Å². The molecule has 1 aromatic rings. The number of fused-ring (bicyclic) bond motifs is 1. The number of hydrogen-bond donors (Lipinski definition) is 1. The topological polar surface area (TPSA) is 82.2 Å². The first-order valence-corrected chi connectivity index (χ1v) is 14.0. The van der Waals surface area contributed by atoms with Gasteiger partial charge in [0.1, 0.15) is 12.9 Å². The number of aldehydes is 1. The maximum atomic E-state index is 13.0. The van der Waals surface area contributed by atoms with E-state index >= 15 is 0 Å². The van der Waals surface area contributed by atoms with Gasteiger partial charge in [-0.15, -0.1) is 0 Å². The number of nitrogens with one attached hydrogen (secondary N) is 1. The molecule has 4 rings (SSSR count). The van der Waals surface area contributed by atoms with E-state index in [1.165, 1.54) is 6.42 Å². The van der Waals surface area contributed by atoms with Crippen LogP contribution in [0.15, 0.2) is 24.3 Å². The van der Waals surface area contributed by atoms with Crippen LogP contribution in [0.5, 0.6) is 0 Å². The second kappa shape index (κ2) is 12.0. The number of anilines is 1. The Morgan fingerprint density at radius 3 is 2.49 bits per heavy atom. The number of carbonyl (C=O) groups is 3. The van der Waals surface area contributed by atoms with Crippen molar-refractivity contribution in [2.75, 3.05) is 57.3 Å². The molecule has 3 aliphatic heterocycles. The van der Waals surface area contributed by atoms with Gasteiger partial charge in [0, 0.05) is 50.5 Å². The van der Waals surface area contributed by atoms with E-state index in [4.69, 9.17) is 4.74 Å². The van der Waals surface area contributed by atoms with E-state index in [1.807, 2.05) is 24.3 Å². The average Bonchev–Trinajstić information content (AvgIpc) is 3.44. The molecule has 204 valence electrons. The summed E-state index contributed by atoms with van der Waals surface area (Å²) in [7, 11) is 0. The summed E-state index contributed by atoms with van der Waals surface area (Å²) in [5, 5.41) is 2.92. The number of amides is 1. The Bertz CT molecular complexity index is 942. The summed E-state index contributed by atoms with van der Waals surface area (Å²) in [5.41, 5.74) is 1.42. The SMILES string of the molecule is CCCN1CCN(c2ccc(C(=O)N[C@H](C=O)CC(C)(C)CN3C[C@@H](CC)[C@H]4OCC(=O)[C@H]43)cc2)CC1. The van der Waals surface area contributed by atoms with E-state index in [2.05, 4.69) is 47.7 Å². The van der Waals surface area contributed by atoms with Crippen molar-refractivity contribution in [2.24, 2.45) is 11.3 Å². The molecule has 0 aromatic heterocycles. The largest absolute Gasteiger partial charge is 0.369 e. The van der Waals surface area contributed by atoms with Crippen molar-refractivity contribution in [1.29, 1.82) is 0 Å². The molecule has 0 spiro atoms. The van der Waals surface area contributed by atoms with Gasteiger partial charge >= 0.3 is 0 Å². The highest BCUT2D eigenvalue weighted by Gasteiger charge is 2.50. The Morgan fingerprint density at radius 2 is 1.86 bits per heavy atom. The van der Waals surface area contributed by atoms with Gasteiger partial charge in [0.15, 0.2) is 5.78 Å². The maximum absolute atomic E-state index is 13.0. The van der Waals surface area contributed by atoms with Gasteiger partial charge in [-0.25, -0.2) is 0 Å². The Morgan fingerprint density at radius 1 is 1.16 bits per heavy atom. The van der Waals surface area contributed by atoms with Crippen LogP contribution in [-0.2, 0) is 14.3 Å². The number of piperazine rings is 1. The summed E-state index contributed by atoms with van der Waals surface area (Å²) < 4.78 is 5.79. The van der Waals surface area contributed by atoms with Crippen LogP contribution in [0.25, 0.3) is 0 Å². The molecular formula is C29H44N4O4. The monoisotopic (exact) mass is 512 g/mol. The lowest BCUT2D eigenvalue weighted by Crippen LogP contribution is -2.46. The van der Waals surface area contributed by atoms with Crippen LogP contribution in [0.4, 0.5) is 5.69 Å². The number of Topliss-reactive ketones (excluding diaryl/α,β-unsaturated/α-hetero) is 1. The summed E-state index contributed by atoms with van der Waals surface area (Å²) in [4.78, 5) is 44.5. The number of rotatable bonds is 11. The zero-order chi connectivity index (χ0) is 26.6. The molecule has 0 unspecified atom stereocenters. The summed E-state index contributed by atoms with van der Waals surface area (Å²) in [5.74, 6) is 0.277. The van der Waals surface area contributed by atoms with Crippen LogP contribution < -0.4 is 10.2 Å². The van der Waals surface area contributed by atoms with E-state index in [-0.39, 0.29) is 35.9 Å². The number of benzene rings is 1. The van der Waals surface area contributed by atoms with Gasteiger partial charge in [0.05, 0.1) is 18.2 Å². The number of hydrogen-bond acceptors (Lipinski definition) is 7. The molecule has 0 bridgehead atoms. The lowest BCUT2D eigenvalue weighted by atomic mass is 9.85. The molecule has 0 aliphatic carbocycles. The van der Waals surface area contributed by atoms with E-state index in [1.54, 1.807) is 0 Å². The number of ether oxygens (including phenoxy) is 1. The maximum Gasteiger partial charge on any atom is 0.251 e. The third kappa shape index (κ3) is 6.59. The molecule has 3 heterocycles. The van der Waals surface area contributed by atoms with E-state index in [9.17, 15) is 14.4 Å². The molecule has 1 N–H and O–H groups in total. The van der Waals surface area contributed by atoms with Crippen molar-refractivity contribution < 1.29 is 19.1 Å². The molecule has 3 fully saturated rings. The average molecular weight is 513 g/mol. The second-order valence-electron chi connectivity index (χ2n) is 11.7. The standard InChI is InChI=1S/C29H44N4O4/c1-5-11-31-12-14-32(15-13-31)24-9-7-22(8-10-24)28(36)30-23(18-34)16-29(3,4)20-33-17-21(6-2)27-26(33)25(35)19-37-27/h7-10,18,21,23,26-27H,5-6,11-17,19-20H2,1-4H3,(H,30,36)/t21-,23+,26-,27-/m1/s1. The van der Waals surface area contributed by atoms with Gasteiger partial charge in [-0.1, -0.05) is 27.7 Å². The first kappa shape index (κ1) is 27.7. The van der Waals surface area contributed by atoms with E-state index in [0.717, 1.165) is 57.7 Å². The molecule has 1 aromatic carbocycles. The van der Waals surface area contributed by atoms with Crippen molar-refractivity contribution in [3.8, 4) is 0 Å². The molecule has 4 atom stereocenters. The van der Waals surface area contributed by atoms with Gasteiger partial charge in [-0.2, -0.15) is 0 Å². The Hall–Kier alpha value is -2.29. The van der Waals surface area contributed by atoms with Crippen molar-refractivity contribution in [2.45, 2.75) is 65.1 Å². The molecule has 3 aliphatic rings. The minimum absolute atomic E-state index is 0.0157. The highest BCUT2D eigenvalue weighted by atomic mass is 16.5. The summed E-state index contributed by atoms with van der Waals surface area (Å²) in [6.45, 7) is 15.5. The highest BCUT2D eigenvalue weighted by Crippen LogP contribution is 2.36. The highest BCUT2D eigenvalue weighted by molar-refractivity contribution is 5.96. The minimum atomic E-state index is -0.593. The Kier molecular flexibility index (Phi) is 9.03. The Balaban J connectivity index is 1.31. The van der Waals surface area contributed by atoms with Gasteiger partial charge in [0.25, 0.3) is 5.91 Å². The molecule has 1 amide bonds. The smallest absolute Gasteiger partial charge is 0.251 e. The summed E-state index contributed by atoms with van der Waals surface area (Å²) >= 11 is 0. The lowest BCUT2D eigenvalue weighted by Gasteiger charge is -2.36. The van der Waals surface area contributed by atoms with Gasteiger partial charge in [-0.3, -0.25) is 19.4 Å². The van der Waals surface area contributed by atoms with Crippen LogP contribution in [0.2, 0.25) is 0 Å². The molecule has 37 heavy (non-hydrogen) atoms. The molecule has 3 saturated heterocycles. The number of carbonyl (C=O) groups excluding carboxylic acids is 3. The van der Waals surface area contributed by atoms with Crippen molar-refractivity contribution >= 4 is 23.7 Å². The predicted octanol–water partition coefficient (Wildman–Crippen LogP) is 2.61. The van der Waals surface area contributed by atoms with Crippen LogP contribution >= 0.6 is 0 Å². The molecule has 0 saturated carbocycles. The van der Waals surface area contributed by atoms with E-state index in [0.29, 0.717) is 24.4 Å².